The van der Waals surface area contributed by atoms with E-state index >= 15 is 4.39 Å². The van der Waals surface area contributed by atoms with Crippen LogP contribution in [0, 0.1) is 28.6 Å². The van der Waals surface area contributed by atoms with Crippen molar-refractivity contribution in [3.63, 3.8) is 0 Å². The van der Waals surface area contributed by atoms with Crippen LogP contribution in [0.4, 0.5) is 4.39 Å². The van der Waals surface area contributed by atoms with Gasteiger partial charge in [0.2, 0.25) is 0 Å². The predicted molar refractivity (Wildman–Crippen MR) is 102 cm³/mol. The molecule has 0 heterocycles. The van der Waals surface area contributed by atoms with Crippen molar-refractivity contribution in [2.24, 2.45) is 28.6 Å². The molecule has 4 rings (SSSR count). The van der Waals surface area contributed by atoms with E-state index in [-0.39, 0.29) is 28.8 Å². The van der Waals surface area contributed by atoms with Crippen molar-refractivity contribution in [2.75, 3.05) is 0 Å². The zero-order valence-corrected chi connectivity index (χ0v) is 17.3. The van der Waals surface area contributed by atoms with Gasteiger partial charge in [-0.3, -0.25) is 14.4 Å². The number of carbonyl (C=O) groups is 3. The Kier molecular flexibility index (Phi) is 4.41. The molecular weight excluding hydrogens is 359 g/mol. The number of carbonyl (C=O) groups excluding carboxylic acids is 3. The second-order valence-electron chi connectivity index (χ2n) is 10.0. The van der Waals surface area contributed by atoms with E-state index in [1.54, 1.807) is 6.08 Å². The van der Waals surface area contributed by atoms with E-state index in [1.807, 2.05) is 0 Å². The van der Waals surface area contributed by atoms with Crippen LogP contribution in [0.15, 0.2) is 11.6 Å². The summed E-state index contributed by atoms with van der Waals surface area (Å²) in [6.45, 7) is 7.10. The minimum absolute atomic E-state index is 0.0422. The van der Waals surface area contributed by atoms with Gasteiger partial charge in [-0.1, -0.05) is 13.8 Å². The van der Waals surface area contributed by atoms with Crippen LogP contribution in [0.3, 0.4) is 0 Å². The van der Waals surface area contributed by atoms with Gasteiger partial charge >= 0.3 is 5.97 Å². The zero-order chi connectivity index (χ0) is 20.5. The number of fused-ring (bicyclic) bond motifs is 5. The Balaban J connectivity index is 1.73. The minimum atomic E-state index is -1.10. The highest BCUT2D eigenvalue weighted by Gasteiger charge is 2.68. The number of halogens is 1. The van der Waals surface area contributed by atoms with Gasteiger partial charge in [-0.25, -0.2) is 4.39 Å². The van der Waals surface area contributed by atoms with E-state index in [0.29, 0.717) is 37.2 Å². The highest BCUT2D eigenvalue weighted by molar-refractivity contribution is 5.92. The van der Waals surface area contributed by atoms with Crippen LogP contribution in [0.1, 0.15) is 72.6 Å². The number of ketones is 2. The first-order chi connectivity index (χ1) is 13.0. The molecular formula is C23H31FO4. The summed E-state index contributed by atoms with van der Waals surface area (Å²) in [5.41, 5.74) is -1.11. The molecule has 28 heavy (non-hydrogen) atoms. The molecule has 0 aliphatic heterocycles. The fourth-order valence-corrected chi connectivity index (χ4v) is 7.62. The summed E-state index contributed by atoms with van der Waals surface area (Å²) in [6.07, 6.45) is 5.07. The smallest absolute Gasteiger partial charge is 0.303 e. The van der Waals surface area contributed by atoms with Gasteiger partial charge in [0, 0.05) is 18.8 Å². The van der Waals surface area contributed by atoms with Crippen molar-refractivity contribution in [1.82, 2.24) is 0 Å². The summed E-state index contributed by atoms with van der Waals surface area (Å²) in [5.74, 6) is 0.158. The number of Topliss-reactive ketones (excluding diaryl/α,β-unsaturated/α-hetero) is 1. The monoisotopic (exact) mass is 390 g/mol. The summed E-state index contributed by atoms with van der Waals surface area (Å²) in [5, 5.41) is 0. The number of hydrogen-bond donors (Lipinski definition) is 0. The largest absolute Gasteiger partial charge is 0.451 e. The maximum Gasteiger partial charge on any atom is 0.303 e. The molecule has 4 aliphatic rings. The molecule has 0 saturated heterocycles. The highest BCUT2D eigenvalue weighted by atomic mass is 19.1. The second-order valence-corrected chi connectivity index (χ2v) is 10.0. The third-order valence-electron chi connectivity index (χ3n) is 8.94. The van der Waals surface area contributed by atoms with Gasteiger partial charge in [0.05, 0.1) is 0 Å². The van der Waals surface area contributed by atoms with Gasteiger partial charge in [-0.2, -0.15) is 0 Å². The number of esters is 1. The van der Waals surface area contributed by atoms with Gasteiger partial charge in [-0.15, -0.1) is 0 Å². The quantitative estimate of drug-likeness (QED) is 0.658. The van der Waals surface area contributed by atoms with Crippen LogP contribution in [-0.4, -0.2) is 29.3 Å². The molecule has 0 radical (unpaired) electrons. The summed E-state index contributed by atoms with van der Waals surface area (Å²) < 4.78 is 21.0. The first kappa shape index (κ1) is 19.8. The molecule has 0 aromatic rings. The lowest BCUT2D eigenvalue weighted by molar-refractivity contribution is -0.188. The lowest BCUT2D eigenvalue weighted by Crippen LogP contribution is -2.59. The molecule has 0 aromatic carbocycles. The van der Waals surface area contributed by atoms with Crippen LogP contribution in [0.5, 0.6) is 0 Å². The van der Waals surface area contributed by atoms with E-state index in [9.17, 15) is 14.4 Å². The van der Waals surface area contributed by atoms with Crippen LogP contribution >= 0.6 is 0 Å². The maximum atomic E-state index is 15.3. The maximum absolute atomic E-state index is 15.3. The molecule has 3 fully saturated rings. The Hall–Kier alpha value is -1.52. The van der Waals surface area contributed by atoms with Crippen LogP contribution < -0.4 is 0 Å². The van der Waals surface area contributed by atoms with Crippen molar-refractivity contribution in [1.29, 1.82) is 0 Å². The molecule has 0 bridgehead atoms. The number of allylic oxidation sites excluding steroid dienone is 1. The van der Waals surface area contributed by atoms with E-state index in [4.69, 9.17) is 4.74 Å². The van der Waals surface area contributed by atoms with Crippen molar-refractivity contribution in [2.45, 2.75) is 84.4 Å². The average Bonchev–Trinajstić information content (AvgIpc) is 2.90. The van der Waals surface area contributed by atoms with Crippen LogP contribution in [0.2, 0.25) is 0 Å². The van der Waals surface area contributed by atoms with E-state index in [2.05, 4.69) is 13.8 Å². The minimum Gasteiger partial charge on any atom is -0.451 e. The van der Waals surface area contributed by atoms with Crippen molar-refractivity contribution in [3.05, 3.63) is 11.6 Å². The third kappa shape index (κ3) is 2.43. The average molecular weight is 390 g/mol. The molecule has 154 valence electrons. The fourth-order valence-electron chi connectivity index (χ4n) is 7.62. The molecule has 0 amide bonds. The lowest BCUT2D eigenvalue weighted by Gasteiger charge is -2.59. The SMILES string of the molecule is CC(=O)O[C@@]1(C(C)=O)CC[C@H]2[C@@H]3C[C@@H](F)C4=CC(=O)CC[C@]4(C)[C@H]3CC[C@@]21C. The molecule has 0 aromatic heterocycles. The molecule has 5 heteroatoms. The summed E-state index contributed by atoms with van der Waals surface area (Å²) in [4.78, 5) is 36.5. The normalized spacial score (nSPS) is 47.5. The summed E-state index contributed by atoms with van der Waals surface area (Å²) in [6, 6.07) is 0. The molecule has 0 N–H and O–H groups in total. The Morgan fingerprint density at radius 1 is 1.11 bits per heavy atom. The molecule has 4 nitrogen and oxygen atoms in total. The number of hydrogen-bond acceptors (Lipinski definition) is 4. The molecule has 4 aliphatic carbocycles. The van der Waals surface area contributed by atoms with Crippen molar-refractivity contribution >= 4 is 17.5 Å². The summed E-state index contributed by atoms with van der Waals surface area (Å²) in [7, 11) is 0. The van der Waals surface area contributed by atoms with Gasteiger partial charge in [-0.05, 0) is 80.3 Å². The topological polar surface area (TPSA) is 60.4 Å². The molecule has 7 atom stereocenters. The van der Waals surface area contributed by atoms with E-state index < -0.39 is 23.2 Å². The molecule has 0 unspecified atom stereocenters. The first-order valence-electron chi connectivity index (χ1n) is 10.6. The van der Waals surface area contributed by atoms with E-state index in [1.165, 1.54) is 13.8 Å². The number of alkyl halides is 1. The van der Waals surface area contributed by atoms with E-state index in [0.717, 1.165) is 19.3 Å². The Labute approximate surface area is 166 Å². The molecule has 0 spiro atoms. The summed E-state index contributed by atoms with van der Waals surface area (Å²) >= 11 is 0. The van der Waals surface area contributed by atoms with Crippen LogP contribution in [-0.2, 0) is 19.1 Å². The first-order valence-corrected chi connectivity index (χ1v) is 10.6. The van der Waals surface area contributed by atoms with Crippen LogP contribution in [0.25, 0.3) is 0 Å². The zero-order valence-electron chi connectivity index (χ0n) is 17.3. The van der Waals surface area contributed by atoms with Crippen molar-refractivity contribution < 1.29 is 23.5 Å². The number of ether oxygens (including phenoxy) is 1. The van der Waals surface area contributed by atoms with Gasteiger partial charge in [0.15, 0.2) is 17.2 Å². The predicted octanol–water partition coefficient (Wildman–Crippen LogP) is 4.36. The van der Waals surface area contributed by atoms with Crippen molar-refractivity contribution in [3.8, 4) is 0 Å². The lowest BCUT2D eigenvalue weighted by atomic mass is 9.46. The molecule has 3 saturated carbocycles. The standard InChI is InChI=1S/C23H31FO4/c1-13(25)23(28-14(2)26)10-7-18-16-12-20(24)19-11-15(27)5-8-21(19,3)17(16)6-9-22(18,23)4/h11,16-18,20H,5-10,12H2,1-4H3/t16-,17+,18+,20-,21-,22+,23-/m1/s1. The number of rotatable bonds is 2. The Morgan fingerprint density at radius 2 is 1.79 bits per heavy atom. The van der Waals surface area contributed by atoms with Gasteiger partial charge in [0.1, 0.15) is 6.17 Å². The van der Waals surface area contributed by atoms with Gasteiger partial charge in [0.25, 0.3) is 0 Å². The third-order valence-corrected chi connectivity index (χ3v) is 8.94. The fraction of sp³-hybridized carbons (Fsp3) is 0.783. The Morgan fingerprint density at radius 3 is 2.43 bits per heavy atom. The van der Waals surface area contributed by atoms with Gasteiger partial charge < -0.3 is 4.74 Å². The Bertz CT molecular complexity index is 773. The highest BCUT2D eigenvalue weighted by Crippen LogP contribution is 2.68. The second kappa shape index (κ2) is 6.24.